The summed E-state index contributed by atoms with van der Waals surface area (Å²) in [7, 11) is 3.21. The number of benzene rings is 2. The van der Waals surface area contributed by atoms with E-state index in [0.717, 1.165) is 0 Å². The Labute approximate surface area is 282 Å². The molecule has 5 rings (SSSR count). The van der Waals surface area contributed by atoms with Gasteiger partial charge in [0.2, 0.25) is 5.91 Å². The molecule has 1 atom stereocenters. The van der Waals surface area contributed by atoms with E-state index in [0.29, 0.717) is 68.9 Å². The van der Waals surface area contributed by atoms with Crippen molar-refractivity contribution in [3.05, 3.63) is 98.2 Å². The molecule has 0 saturated heterocycles. The molecule has 13 nitrogen and oxygen atoms in total. The highest BCUT2D eigenvalue weighted by Crippen LogP contribution is 2.39. The number of fused-ring (bicyclic) bond motifs is 4. The number of carbonyl (C=O) groups excluding carboxylic acids is 2. The van der Waals surface area contributed by atoms with Crippen LogP contribution in [0.25, 0.3) is 28.0 Å². The Balaban J connectivity index is 1.52. The first-order chi connectivity index (χ1) is 23.4. The highest BCUT2D eigenvalue weighted by molar-refractivity contribution is 5.92. The summed E-state index contributed by atoms with van der Waals surface area (Å²) in [6.45, 7) is 4.09. The number of rotatable bonds is 14. The summed E-state index contributed by atoms with van der Waals surface area (Å²) in [6.07, 6.45) is 2.02. The number of ether oxygens (including phenoxy) is 1. The fraction of sp³-hybridized carbons (Fsp3) is 0.314. The van der Waals surface area contributed by atoms with Gasteiger partial charge in [-0.15, -0.1) is 0 Å². The zero-order valence-electron chi connectivity index (χ0n) is 27.9. The zero-order chi connectivity index (χ0) is 35.5. The number of halogens is 1. The third-order valence-electron chi connectivity index (χ3n) is 8.67. The van der Waals surface area contributed by atoms with Crippen LogP contribution in [0.3, 0.4) is 0 Å². The standard InChI is InChI=1S/C35H41FN8O5/c1-5-35(48,18-45)27-11-31-33-25(15-44(31)34(47)26(27)17-49-4)24(23-10-20(2)28(36)12-30(23)42-33)14-43(38)16-29(37)21-6-8-22(9-7-21)41-32(46)13-40-19-39-3/h6-12,16,18,39-40,48H,5,13-15,17,19,37-38H2,1-4H3,(H,41,46)/b29-16-/t35-/m1/s1. The van der Waals surface area contributed by atoms with Crippen LogP contribution < -0.4 is 33.1 Å². The number of anilines is 1. The molecule has 3 heterocycles. The normalized spacial score (nSPS) is 13.6. The number of aldehydes is 1. The number of carbonyl (C=O) groups is 2. The highest BCUT2D eigenvalue weighted by atomic mass is 19.1. The lowest BCUT2D eigenvalue weighted by atomic mass is 9.89. The van der Waals surface area contributed by atoms with Gasteiger partial charge in [0.05, 0.1) is 48.8 Å². The molecule has 1 aliphatic heterocycles. The number of aliphatic hydroxyl groups is 1. The summed E-state index contributed by atoms with van der Waals surface area (Å²) < 4.78 is 21.7. The van der Waals surface area contributed by atoms with Gasteiger partial charge in [-0.05, 0) is 61.3 Å². The molecular weight excluding hydrogens is 631 g/mol. The fourth-order valence-corrected chi connectivity index (χ4v) is 6.00. The van der Waals surface area contributed by atoms with Crippen molar-refractivity contribution >= 4 is 34.5 Å². The second-order valence-electron chi connectivity index (χ2n) is 12.0. The summed E-state index contributed by atoms with van der Waals surface area (Å²) in [4.78, 5) is 42.9. The topological polar surface area (TPSA) is 190 Å². The quantitative estimate of drug-likeness (QED) is 0.0333. The van der Waals surface area contributed by atoms with Gasteiger partial charge in [-0.25, -0.2) is 15.2 Å². The molecule has 2 aromatic heterocycles. The zero-order valence-corrected chi connectivity index (χ0v) is 27.9. The molecule has 258 valence electrons. The number of hydrogen-bond donors (Lipinski definition) is 6. The Morgan fingerprint density at radius 3 is 2.61 bits per heavy atom. The predicted molar refractivity (Wildman–Crippen MR) is 185 cm³/mol. The van der Waals surface area contributed by atoms with Crippen molar-refractivity contribution in [1.82, 2.24) is 25.2 Å². The van der Waals surface area contributed by atoms with Gasteiger partial charge in [0.1, 0.15) is 11.4 Å². The van der Waals surface area contributed by atoms with Crippen LogP contribution >= 0.6 is 0 Å². The maximum absolute atomic E-state index is 14.9. The fourth-order valence-electron chi connectivity index (χ4n) is 6.00. The number of aryl methyl sites for hydroxylation is 1. The summed E-state index contributed by atoms with van der Waals surface area (Å²) in [6, 6.07) is 11.6. The van der Waals surface area contributed by atoms with Gasteiger partial charge in [-0.2, -0.15) is 0 Å². The SMILES string of the molecule is CC[C@@](O)(C=O)c1cc2n(c(=O)c1COC)Cc1c-2nc2cc(F)c(C)cc2c1CN(N)/C=C(\N)c1ccc(NC(=O)CNCNC)cc1. The molecule has 0 bridgehead atoms. The molecule has 1 amide bonds. The first kappa shape index (κ1) is 35.3. The Hall–Kier alpha value is -4.99. The van der Waals surface area contributed by atoms with Gasteiger partial charge in [0.15, 0.2) is 6.29 Å². The molecule has 0 spiro atoms. The second kappa shape index (κ2) is 14.6. The Morgan fingerprint density at radius 2 is 1.96 bits per heavy atom. The molecule has 0 fully saturated rings. The van der Waals surface area contributed by atoms with Crippen LogP contribution in [0.2, 0.25) is 0 Å². The molecule has 14 heteroatoms. The van der Waals surface area contributed by atoms with Gasteiger partial charge in [-0.1, -0.05) is 19.1 Å². The van der Waals surface area contributed by atoms with Crippen LogP contribution in [-0.2, 0) is 39.6 Å². The van der Waals surface area contributed by atoms with Crippen LogP contribution in [0.5, 0.6) is 0 Å². The molecule has 49 heavy (non-hydrogen) atoms. The number of hydrogen-bond acceptors (Lipinski definition) is 11. The third kappa shape index (κ3) is 7.09. The van der Waals surface area contributed by atoms with Crippen molar-refractivity contribution in [2.24, 2.45) is 11.6 Å². The van der Waals surface area contributed by atoms with E-state index in [4.69, 9.17) is 21.3 Å². The van der Waals surface area contributed by atoms with Crippen LogP contribution in [0.15, 0.2) is 53.5 Å². The second-order valence-corrected chi connectivity index (χ2v) is 12.0. The van der Waals surface area contributed by atoms with Crippen LogP contribution in [0, 0.1) is 12.7 Å². The predicted octanol–water partition coefficient (Wildman–Crippen LogP) is 2.15. The Bertz CT molecular complexity index is 2000. The largest absolute Gasteiger partial charge is 0.397 e. The number of pyridine rings is 2. The van der Waals surface area contributed by atoms with Gasteiger partial charge in [0.25, 0.3) is 5.56 Å². The Kier molecular flexibility index (Phi) is 10.6. The maximum Gasteiger partial charge on any atom is 0.257 e. The van der Waals surface area contributed by atoms with Gasteiger partial charge in [-0.3, -0.25) is 19.7 Å². The number of hydrazine groups is 1. The number of nitrogens with one attached hydrogen (secondary N) is 3. The van der Waals surface area contributed by atoms with E-state index in [1.54, 1.807) is 63.5 Å². The molecule has 8 N–H and O–H groups in total. The van der Waals surface area contributed by atoms with E-state index >= 15 is 0 Å². The maximum atomic E-state index is 14.9. The number of nitrogens with two attached hydrogens (primary N) is 2. The monoisotopic (exact) mass is 672 g/mol. The number of nitrogens with zero attached hydrogens (tertiary/aromatic N) is 3. The smallest absolute Gasteiger partial charge is 0.257 e. The van der Waals surface area contributed by atoms with Crippen molar-refractivity contribution in [3.63, 3.8) is 0 Å². The average molecular weight is 673 g/mol. The van der Waals surface area contributed by atoms with E-state index in [1.807, 2.05) is 0 Å². The van der Waals surface area contributed by atoms with Gasteiger partial charge >= 0.3 is 0 Å². The molecule has 1 aliphatic rings. The first-order valence-corrected chi connectivity index (χ1v) is 15.8. The van der Waals surface area contributed by atoms with Crippen LogP contribution in [0.1, 0.15) is 46.7 Å². The van der Waals surface area contributed by atoms with Crippen molar-refractivity contribution in [2.45, 2.75) is 45.6 Å². The van der Waals surface area contributed by atoms with Crippen molar-refractivity contribution < 1.29 is 23.8 Å². The van der Waals surface area contributed by atoms with Gasteiger partial charge < -0.3 is 35.8 Å². The molecule has 4 aromatic rings. The van der Waals surface area contributed by atoms with Crippen molar-refractivity contribution in [2.75, 3.05) is 32.7 Å². The molecule has 0 aliphatic carbocycles. The first-order valence-electron chi connectivity index (χ1n) is 15.8. The highest BCUT2D eigenvalue weighted by Gasteiger charge is 2.35. The Morgan fingerprint density at radius 1 is 1.22 bits per heavy atom. The van der Waals surface area contributed by atoms with E-state index < -0.39 is 17.0 Å². The van der Waals surface area contributed by atoms with E-state index in [2.05, 4.69) is 16.0 Å². The molecular formula is C35H41FN8O5. The average Bonchev–Trinajstić information content (AvgIpc) is 3.45. The molecule has 0 saturated carbocycles. The third-order valence-corrected chi connectivity index (χ3v) is 8.67. The van der Waals surface area contributed by atoms with E-state index in [1.165, 1.54) is 22.8 Å². The number of methoxy groups -OCH3 is 1. The lowest BCUT2D eigenvalue weighted by Gasteiger charge is -2.24. The lowest BCUT2D eigenvalue weighted by molar-refractivity contribution is -0.125. The number of amides is 1. The van der Waals surface area contributed by atoms with Crippen LogP contribution in [0.4, 0.5) is 10.1 Å². The van der Waals surface area contributed by atoms with E-state index in [-0.39, 0.29) is 49.7 Å². The minimum absolute atomic E-state index is 0.0333. The van der Waals surface area contributed by atoms with Gasteiger partial charge in [0, 0.05) is 53.8 Å². The molecule has 0 radical (unpaired) electrons. The summed E-state index contributed by atoms with van der Waals surface area (Å²) in [5, 5.41) is 21.9. The summed E-state index contributed by atoms with van der Waals surface area (Å²) in [5.74, 6) is 5.89. The summed E-state index contributed by atoms with van der Waals surface area (Å²) in [5.41, 5.74) is 8.98. The van der Waals surface area contributed by atoms with Crippen LogP contribution in [-0.4, -0.2) is 59.2 Å². The molecule has 0 unspecified atom stereocenters. The lowest BCUT2D eigenvalue weighted by Crippen LogP contribution is -2.34. The summed E-state index contributed by atoms with van der Waals surface area (Å²) >= 11 is 0. The molecule has 2 aromatic carbocycles. The van der Waals surface area contributed by atoms with Crippen molar-refractivity contribution in [1.29, 1.82) is 0 Å². The minimum Gasteiger partial charge on any atom is -0.397 e. The minimum atomic E-state index is -1.92. The number of aromatic nitrogens is 2. The van der Waals surface area contributed by atoms with E-state index in [9.17, 15) is 23.9 Å². The van der Waals surface area contributed by atoms with Crippen molar-refractivity contribution in [3.8, 4) is 11.4 Å².